The van der Waals surface area contributed by atoms with Crippen LogP contribution in [0.3, 0.4) is 0 Å². The zero-order valence-corrected chi connectivity index (χ0v) is 16.3. The van der Waals surface area contributed by atoms with Crippen LogP contribution < -0.4 is 0 Å². The minimum atomic E-state index is -0.726. The minimum absolute atomic E-state index is 0.127. The summed E-state index contributed by atoms with van der Waals surface area (Å²) >= 11 is 6.02. The lowest BCUT2D eigenvalue weighted by atomic mass is 10.1. The van der Waals surface area contributed by atoms with Crippen molar-refractivity contribution in [1.29, 1.82) is 0 Å². The zero-order chi connectivity index (χ0) is 19.8. The first-order valence-corrected chi connectivity index (χ1v) is 9.10. The molecule has 4 rings (SSSR count). The molecule has 0 N–H and O–H groups in total. The molecular weight excluding hydrogens is 380 g/mol. The van der Waals surface area contributed by atoms with Crippen molar-refractivity contribution >= 4 is 28.5 Å². The lowest BCUT2D eigenvalue weighted by molar-refractivity contribution is 0.0245. The number of fused-ring (bicyclic) bond motifs is 1. The van der Waals surface area contributed by atoms with Crippen LogP contribution in [-0.2, 0) is 4.74 Å². The molecule has 0 saturated carbocycles. The second-order valence-corrected chi connectivity index (χ2v) is 6.99. The number of aromatic nitrogens is 2. The molecule has 0 radical (unpaired) electrons. The van der Waals surface area contributed by atoms with Crippen molar-refractivity contribution < 1.29 is 18.4 Å². The normalized spacial score (nSPS) is 12.3. The van der Waals surface area contributed by atoms with E-state index in [-0.39, 0.29) is 11.7 Å². The lowest BCUT2D eigenvalue weighted by Gasteiger charge is -2.08. The molecule has 0 aliphatic heterocycles. The van der Waals surface area contributed by atoms with E-state index in [1.807, 2.05) is 31.2 Å². The van der Waals surface area contributed by atoms with E-state index in [2.05, 4.69) is 10.2 Å². The van der Waals surface area contributed by atoms with Crippen LogP contribution in [0.1, 0.15) is 40.6 Å². The van der Waals surface area contributed by atoms with E-state index in [9.17, 15) is 4.79 Å². The third kappa shape index (κ3) is 3.39. The summed E-state index contributed by atoms with van der Waals surface area (Å²) in [6.07, 6.45) is -0.726. The summed E-state index contributed by atoms with van der Waals surface area (Å²) in [4.78, 5) is 12.6. The molecule has 0 amide bonds. The van der Waals surface area contributed by atoms with Gasteiger partial charge in [-0.1, -0.05) is 29.3 Å². The fourth-order valence-electron chi connectivity index (χ4n) is 2.86. The van der Waals surface area contributed by atoms with Gasteiger partial charge in [-0.25, -0.2) is 4.79 Å². The number of aryl methyl sites for hydroxylation is 2. The van der Waals surface area contributed by atoms with Gasteiger partial charge in [-0.15, -0.1) is 10.2 Å². The molecule has 4 aromatic rings. The van der Waals surface area contributed by atoms with E-state index in [4.69, 9.17) is 25.2 Å². The van der Waals surface area contributed by atoms with Crippen molar-refractivity contribution in [2.45, 2.75) is 26.9 Å². The van der Waals surface area contributed by atoms with Gasteiger partial charge in [0.1, 0.15) is 5.58 Å². The number of carbonyl (C=O) groups is 1. The van der Waals surface area contributed by atoms with Crippen LogP contribution in [0.2, 0.25) is 5.02 Å². The number of hydrogen-bond donors (Lipinski definition) is 0. The van der Waals surface area contributed by atoms with Crippen molar-refractivity contribution in [1.82, 2.24) is 10.2 Å². The summed E-state index contributed by atoms with van der Waals surface area (Å²) in [5, 5.41) is 9.37. The highest BCUT2D eigenvalue weighted by Crippen LogP contribution is 2.30. The van der Waals surface area contributed by atoms with Crippen LogP contribution in [0.25, 0.3) is 22.4 Å². The van der Waals surface area contributed by atoms with Gasteiger partial charge in [0.25, 0.3) is 5.89 Å². The first kappa shape index (κ1) is 18.3. The van der Waals surface area contributed by atoms with E-state index in [1.165, 1.54) is 0 Å². The monoisotopic (exact) mass is 396 g/mol. The van der Waals surface area contributed by atoms with Crippen molar-refractivity contribution in [2.24, 2.45) is 0 Å². The van der Waals surface area contributed by atoms with Crippen LogP contribution in [0.5, 0.6) is 0 Å². The smallest absolute Gasteiger partial charge is 0.375 e. The number of hydrogen-bond acceptors (Lipinski definition) is 6. The molecule has 7 heteroatoms. The molecule has 0 unspecified atom stereocenters. The largest absolute Gasteiger partial charge is 0.449 e. The molecule has 2 aromatic heterocycles. The van der Waals surface area contributed by atoms with Gasteiger partial charge in [-0.3, -0.25) is 0 Å². The highest BCUT2D eigenvalue weighted by molar-refractivity contribution is 6.31. The number of furan rings is 1. The maximum Gasteiger partial charge on any atom is 0.375 e. The zero-order valence-electron chi connectivity index (χ0n) is 15.5. The average Bonchev–Trinajstić information content (AvgIpc) is 3.28. The Morgan fingerprint density at radius 2 is 1.82 bits per heavy atom. The van der Waals surface area contributed by atoms with Crippen LogP contribution in [0.15, 0.2) is 51.3 Å². The van der Waals surface area contributed by atoms with Gasteiger partial charge in [0, 0.05) is 21.5 Å². The van der Waals surface area contributed by atoms with Crippen LogP contribution in [0, 0.1) is 13.8 Å². The maximum atomic E-state index is 12.6. The minimum Gasteiger partial charge on any atom is -0.449 e. The Labute approximate surface area is 166 Å². The first-order valence-electron chi connectivity index (χ1n) is 8.72. The van der Waals surface area contributed by atoms with Gasteiger partial charge in [0.2, 0.25) is 11.7 Å². The van der Waals surface area contributed by atoms with Crippen molar-refractivity contribution in [3.8, 4) is 11.5 Å². The average molecular weight is 397 g/mol. The molecule has 1 atom stereocenters. The van der Waals surface area contributed by atoms with Gasteiger partial charge >= 0.3 is 5.97 Å². The molecule has 0 spiro atoms. The van der Waals surface area contributed by atoms with Crippen LogP contribution in [-0.4, -0.2) is 16.2 Å². The predicted octanol–water partition coefficient (Wildman–Crippen LogP) is 5.67. The van der Waals surface area contributed by atoms with Crippen molar-refractivity contribution in [3.05, 3.63) is 70.3 Å². The topological polar surface area (TPSA) is 78.4 Å². The highest BCUT2D eigenvalue weighted by Gasteiger charge is 2.24. The standard InChI is InChI=1S/C21H17ClN2O4/c1-11-4-6-14(7-5-11)20-24-23-19(28-20)13(3)26-21(25)18-12(2)16-10-15(22)8-9-17(16)27-18/h4-10,13H,1-3H3/t13-/m0/s1. The van der Waals surface area contributed by atoms with Gasteiger partial charge in [0.15, 0.2) is 6.10 Å². The van der Waals surface area contributed by atoms with Gasteiger partial charge in [-0.05, 0) is 51.1 Å². The van der Waals surface area contributed by atoms with E-state index in [1.54, 1.807) is 32.0 Å². The second-order valence-electron chi connectivity index (χ2n) is 6.56. The van der Waals surface area contributed by atoms with Gasteiger partial charge in [-0.2, -0.15) is 0 Å². The SMILES string of the molecule is Cc1ccc(-c2nnc([C@H](C)OC(=O)c3oc4ccc(Cl)cc4c3C)o2)cc1. The first-order chi connectivity index (χ1) is 13.4. The number of carbonyl (C=O) groups excluding carboxylic acids is 1. The quantitative estimate of drug-likeness (QED) is 0.413. The fraction of sp³-hybridized carbons (Fsp3) is 0.190. The lowest BCUT2D eigenvalue weighted by Crippen LogP contribution is -2.09. The van der Waals surface area contributed by atoms with Crippen molar-refractivity contribution in [3.63, 3.8) is 0 Å². The van der Waals surface area contributed by atoms with E-state index >= 15 is 0 Å². The Morgan fingerprint density at radius 3 is 2.57 bits per heavy atom. The molecule has 0 bridgehead atoms. The molecule has 142 valence electrons. The number of rotatable bonds is 4. The summed E-state index contributed by atoms with van der Waals surface area (Å²) in [5.74, 6) is 0.1000. The second kappa shape index (κ2) is 7.13. The third-order valence-electron chi connectivity index (χ3n) is 4.45. The van der Waals surface area contributed by atoms with Gasteiger partial charge in [0.05, 0.1) is 0 Å². The summed E-state index contributed by atoms with van der Waals surface area (Å²) in [6.45, 7) is 5.45. The molecule has 0 aliphatic carbocycles. The summed E-state index contributed by atoms with van der Waals surface area (Å²) in [6, 6.07) is 12.9. The number of nitrogens with zero attached hydrogens (tertiary/aromatic N) is 2. The Kier molecular flexibility index (Phi) is 4.65. The molecule has 28 heavy (non-hydrogen) atoms. The van der Waals surface area contributed by atoms with Crippen LogP contribution in [0.4, 0.5) is 0 Å². The Bertz CT molecular complexity index is 1160. The van der Waals surface area contributed by atoms with Gasteiger partial charge < -0.3 is 13.6 Å². The summed E-state index contributed by atoms with van der Waals surface area (Å²) in [5.41, 5.74) is 3.17. The van der Waals surface area contributed by atoms with E-state index < -0.39 is 12.1 Å². The fourth-order valence-corrected chi connectivity index (χ4v) is 3.04. The molecule has 6 nitrogen and oxygen atoms in total. The molecular formula is C21H17ClN2O4. The van der Waals surface area contributed by atoms with Crippen LogP contribution >= 0.6 is 11.6 Å². The molecule has 2 aromatic carbocycles. The Hall–Kier alpha value is -3.12. The highest BCUT2D eigenvalue weighted by atomic mass is 35.5. The number of benzene rings is 2. The van der Waals surface area contributed by atoms with E-state index in [0.29, 0.717) is 22.1 Å². The summed E-state index contributed by atoms with van der Waals surface area (Å²) < 4.78 is 16.8. The number of ether oxygens (including phenoxy) is 1. The summed E-state index contributed by atoms with van der Waals surface area (Å²) in [7, 11) is 0. The Morgan fingerprint density at radius 1 is 1.07 bits per heavy atom. The van der Waals surface area contributed by atoms with E-state index in [0.717, 1.165) is 16.5 Å². The molecule has 2 heterocycles. The predicted molar refractivity (Wildman–Crippen MR) is 104 cm³/mol. The Balaban J connectivity index is 1.54. The molecule has 0 aliphatic rings. The number of halogens is 1. The number of esters is 1. The third-order valence-corrected chi connectivity index (χ3v) is 4.69. The molecule has 0 fully saturated rings. The van der Waals surface area contributed by atoms with Crippen molar-refractivity contribution in [2.75, 3.05) is 0 Å². The maximum absolute atomic E-state index is 12.6. The molecule has 0 saturated heterocycles.